The van der Waals surface area contributed by atoms with Gasteiger partial charge in [0.2, 0.25) is 0 Å². The second-order valence-electron chi connectivity index (χ2n) is 7.84. The largest absolute Gasteiger partial charge is 0.444 e. The van der Waals surface area contributed by atoms with E-state index >= 15 is 0 Å². The third-order valence-corrected chi connectivity index (χ3v) is 4.69. The minimum atomic E-state index is -2.82. The quantitative estimate of drug-likeness (QED) is 0.736. The molecule has 0 aromatic heterocycles. The van der Waals surface area contributed by atoms with Gasteiger partial charge in [0.05, 0.1) is 6.04 Å². The van der Waals surface area contributed by atoms with Crippen molar-refractivity contribution >= 4 is 11.7 Å². The van der Waals surface area contributed by atoms with E-state index in [1.807, 2.05) is 25.7 Å². The van der Waals surface area contributed by atoms with Crippen LogP contribution >= 0.6 is 0 Å². The molecule has 142 valence electrons. The first-order valence-corrected chi connectivity index (χ1v) is 9.00. The van der Waals surface area contributed by atoms with Gasteiger partial charge in [-0.15, -0.1) is 0 Å². The number of benzene rings is 1. The Hall–Kier alpha value is -2.11. The molecule has 0 spiro atoms. The topological polar surface area (TPSA) is 38.8 Å². The first kappa shape index (κ1) is 18.7. The van der Waals surface area contributed by atoms with E-state index in [1.54, 1.807) is 24.3 Å². The number of rotatable bonds is 3. The summed E-state index contributed by atoms with van der Waals surface area (Å²) in [6, 6.07) is 6.83. The Morgan fingerprint density at radius 1 is 1.19 bits per heavy atom. The molecule has 2 bridgehead atoms. The number of hydrogen-bond acceptors (Lipinski definition) is 3. The lowest BCUT2D eigenvalue weighted by Gasteiger charge is -2.45. The smallest absolute Gasteiger partial charge is 0.411 e. The van der Waals surface area contributed by atoms with Gasteiger partial charge in [-0.05, 0) is 69.7 Å². The Morgan fingerprint density at radius 2 is 1.88 bits per heavy atom. The molecule has 2 heterocycles. The van der Waals surface area contributed by atoms with Crippen molar-refractivity contribution in [3.8, 4) is 5.75 Å². The van der Waals surface area contributed by atoms with Gasteiger partial charge in [-0.2, -0.15) is 8.78 Å². The summed E-state index contributed by atoms with van der Waals surface area (Å²) in [4.78, 5) is 14.5. The molecule has 26 heavy (non-hydrogen) atoms. The van der Waals surface area contributed by atoms with E-state index in [9.17, 15) is 13.6 Å². The third kappa shape index (κ3) is 4.34. The van der Waals surface area contributed by atoms with Crippen molar-refractivity contribution in [2.45, 2.75) is 70.8 Å². The molecular weight excluding hydrogens is 340 g/mol. The molecule has 1 aromatic carbocycles. The van der Waals surface area contributed by atoms with Crippen molar-refractivity contribution in [3.63, 3.8) is 0 Å². The van der Waals surface area contributed by atoms with Crippen LogP contribution in [0.3, 0.4) is 0 Å². The molecule has 2 aliphatic rings. The zero-order valence-corrected chi connectivity index (χ0v) is 15.4. The Balaban J connectivity index is 1.78. The number of alkyl halides is 2. The maximum Gasteiger partial charge on any atom is 0.411 e. The fraction of sp³-hybridized carbons (Fsp3) is 0.550. The number of halogens is 2. The fourth-order valence-electron chi connectivity index (χ4n) is 3.69. The molecule has 1 saturated heterocycles. The number of amides is 1. The monoisotopic (exact) mass is 365 g/mol. The van der Waals surface area contributed by atoms with Crippen LogP contribution in [0.4, 0.5) is 13.6 Å². The molecular formula is C20H25F2NO3. The van der Waals surface area contributed by atoms with Crippen LogP contribution < -0.4 is 4.74 Å². The van der Waals surface area contributed by atoms with E-state index in [0.717, 1.165) is 36.8 Å². The van der Waals surface area contributed by atoms with Gasteiger partial charge in [0, 0.05) is 6.04 Å². The number of piperidine rings is 1. The van der Waals surface area contributed by atoms with E-state index in [0.29, 0.717) is 0 Å². The number of hydrogen-bond donors (Lipinski definition) is 0. The summed E-state index contributed by atoms with van der Waals surface area (Å²) >= 11 is 0. The maximum atomic E-state index is 12.6. The number of fused-ring (bicyclic) bond motifs is 2. The highest BCUT2D eigenvalue weighted by Gasteiger charge is 2.39. The Kier molecular flexibility index (Phi) is 5.21. The molecule has 1 amide bonds. The summed E-state index contributed by atoms with van der Waals surface area (Å²) in [5, 5.41) is 0. The van der Waals surface area contributed by atoms with Gasteiger partial charge >= 0.3 is 12.7 Å². The molecule has 2 atom stereocenters. The van der Waals surface area contributed by atoms with E-state index in [4.69, 9.17) is 4.74 Å². The minimum Gasteiger partial charge on any atom is -0.444 e. The molecule has 6 heteroatoms. The van der Waals surface area contributed by atoms with Crippen LogP contribution in [0, 0.1) is 0 Å². The Bertz CT molecular complexity index is 679. The van der Waals surface area contributed by atoms with Crippen molar-refractivity contribution in [1.29, 1.82) is 0 Å². The van der Waals surface area contributed by atoms with Crippen LogP contribution in [0.15, 0.2) is 30.3 Å². The van der Waals surface area contributed by atoms with Crippen LogP contribution in [0.5, 0.6) is 5.75 Å². The van der Waals surface area contributed by atoms with E-state index < -0.39 is 12.2 Å². The van der Waals surface area contributed by atoms with Crippen LogP contribution in [-0.2, 0) is 4.74 Å². The molecule has 4 nitrogen and oxygen atoms in total. The van der Waals surface area contributed by atoms with Gasteiger partial charge in [0.25, 0.3) is 0 Å². The number of carbonyl (C=O) groups is 1. The lowest BCUT2D eigenvalue weighted by atomic mass is 9.83. The molecule has 0 aliphatic carbocycles. The summed E-state index contributed by atoms with van der Waals surface area (Å²) in [7, 11) is 0. The predicted octanol–water partition coefficient (Wildman–Crippen LogP) is 5.23. The lowest BCUT2D eigenvalue weighted by molar-refractivity contribution is -0.0498. The van der Waals surface area contributed by atoms with E-state index in [-0.39, 0.29) is 23.9 Å². The summed E-state index contributed by atoms with van der Waals surface area (Å²) < 4.78 is 34.6. The summed E-state index contributed by atoms with van der Waals surface area (Å²) in [6.45, 7) is 2.79. The molecule has 0 N–H and O–H groups in total. The Labute approximate surface area is 152 Å². The first-order chi connectivity index (χ1) is 12.2. The summed E-state index contributed by atoms with van der Waals surface area (Å²) in [5.74, 6) is 0.149. The molecule has 0 radical (unpaired) electrons. The minimum absolute atomic E-state index is 0.0179. The highest BCUT2D eigenvalue weighted by atomic mass is 19.3. The molecule has 1 aromatic rings. The van der Waals surface area contributed by atoms with E-state index in [2.05, 4.69) is 10.8 Å². The van der Waals surface area contributed by atoms with Crippen molar-refractivity contribution in [2.75, 3.05) is 0 Å². The van der Waals surface area contributed by atoms with Crippen molar-refractivity contribution in [1.82, 2.24) is 4.90 Å². The van der Waals surface area contributed by atoms with Crippen molar-refractivity contribution < 1.29 is 23.0 Å². The SMILES string of the molecule is CC(C)(C)OC(=O)N1C2C=C(c3ccc(OC(F)F)cc3)CC1CCC2. The zero-order valence-electron chi connectivity index (χ0n) is 15.4. The second-order valence-corrected chi connectivity index (χ2v) is 7.84. The third-order valence-electron chi connectivity index (χ3n) is 4.69. The summed E-state index contributed by atoms with van der Waals surface area (Å²) in [5.41, 5.74) is 1.60. The number of carbonyl (C=O) groups excluding carboxylic acids is 1. The van der Waals surface area contributed by atoms with Crippen LogP contribution in [0.1, 0.15) is 52.0 Å². The molecule has 2 unspecified atom stereocenters. The maximum absolute atomic E-state index is 12.6. The molecule has 3 rings (SSSR count). The van der Waals surface area contributed by atoms with Gasteiger partial charge in [0.1, 0.15) is 11.4 Å². The number of nitrogens with zero attached hydrogens (tertiary/aromatic N) is 1. The van der Waals surface area contributed by atoms with Gasteiger partial charge in [-0.25, -0.2) is 4.79 Å². The van der Waals surface area contributed by atoms with Crippen LogP contribution in [0.25, 0.3) is 5.57 Å². The zero-order chi connectivity index (χ0) is 18.9. The first-order valence-electron chi connectivity index (χ1n) is 9.00. The average Bonchev–Trinajstić information content (AvgIpc) is 2.52. The van der Waals surface area contributed by atoms with Crippen LogP contribution in [0.2, 0.25) is 0 Å². The molecule has 2 aliphatic heterocycles. The standard InChI is InChI=1S/C20H25F2NO3/c1-20(2,3)26-19(24)23-15-5-4-6-16(23)12-14(11-15)13-7-9-17(10-8-13)25-18(21)22/h7-11,15-16,18H,4-6,12H2,1-3H3. The highest BCUT2D eigenvalue weighted by Crippen LogP contribution is 2.38. The highest BCUT2D eigenvalue weighted by molar-refractivity contribution is 5.75. The normalized spacial score (nSPS) is 22.8. The summed E-state index contributed by atoms with van der Waals surface area (Å²) in [6.07, 6.45) is 5.53. The average molecular weight is 365 g/mol. The van der Waals surface area contributed by atoms with Gasteiger partial charge in [-0.1, -0.05) is 18.2 Å². The van der Waals surface area contributed by atoms with Gasteiger partial charge < -0.3 is 9.47 Å². The molecule has 0 saturated carbocycles. The van der Waals surface area contributed by atoms with Crippen molar-refractivity contribution in [3.05, 3.63) is 35.9 Å². The lowest BCUT2D eigenvalue weighted by Crippen LogP contribution is -2.53. The van der Waals surface area contributed by atoms with Gasteiger partial charge in [0.15, 0.2) is 0 Å². The van der Waals surface area contributed by atoms with Crippen molar-refractivity contribution in [2.24, 2.45) is 0 Å². The van der Waals surface area contributed by atoms with Crippen LogP contribution in [-0.4, -0.2) is 35.3 Å². The molecule has 1 fully saturated rings. The van der Waals surface area contributed by atoms with Gasteiger partial charge in [-0.3, -0.25) is 4.90 Å². The predicted molar refractivity (Wildman–Crippen MR) is 95.2 cm³/mol. The fourth-order valence-corrected chi connectivity index (χ4v) is 3.69. The number of ether oxygens (including phenoxy) is 2. The Morgan fingerprint density at radius 3 is 2.46 bits per heavy atom. The van der Waals surface area contributed by atoms with E-state index in [1.165, 1.54) is 0 Å². The second kappa shape index (κ2) is 7.25.